The van der Waals surface area contributed by atoms with Crippen LogP contribution >= 0.6 is 11.6 Å². The van der Waals surface area contributed by atoms with Gasteiger partial charge in [0.1, 0.15) is 0 Å². The highest BCUT2D eigenvalue weighted by Gasteiger charge is 2.21. The van der Waals surface area contributed by atoms with Gasteiger partial charge < -0.3 is 4.90 Å². The van der Waals surface area contributed by atoms with E-state index in [1.807, 2.05) is 25.1 Å². The Kier molecular flexibility index (Phi) is 5.65. The van der Waals surface area contributed by atoms with Gasteiger partial charge in [0.05, 0.1) is 4.90 Å². The van der Waals surface area contributed by atoms with Gasteiger partial charge in [-0.1, -0.05) is 41.9 Å². The van der Waals surface area contributed by atoms with Crippen LogP contribution in [-0.2, 0) is 27.8 Å². The summed E-state index contributed by atoms with van der Waals surface area (Å²) in [5, 5.41) is 0.399. The summed E-state index contributed by atoms with van der Waals surface area (Å²) in [6.45, 7) is 3.11. The van der Waals surface area contributed by atoms with Crippen molar-refractivity contribution >= 4 is 27.5 Å². The highest BCUT2D eigenvalue weighted by Crippen LogP contribution is 2.20. The van der Waals surface area contributed by atoms with Crippen molar-refractivity contribution < 1.29 is 13.2 Å². The smallest absolute Gasteiger partial charge is 0.240 e. The van der Waals surface area contributed by atoms with E-state index in [9.17, 15) is 13.2 Å². The minimum atomic E-state index is -3.68. The lowest BCUT2D eigenvalue weighted by molar-refractivity contribution is -0.131. The fourth-order valence-electron chi connectivity index (χ4n) is 2.98. The highest BCUT2D eigenvalue weighted by atomic mass is 35.5. The maximum Gasteiger partial charge on any atom is 0.240 e. The van der Waals surface area contributed by atoms with Crippen molar-refractivity contribution in [1.29, 1.82) is 0 Å². The Hall–Kier alpha value is -1.89. The summed E-state index contributed by atoms with van der Waals surface area (Å²) in [6.07, 6.45) is 0.955. The van der Waals surface area contributed by atoms with E-state index in [0.717, 1.165) is 17.5 Å². The van der Waals surface area contributed by atoms with Crippen LogP contribution < -0.4 is 4.72 Å². The van der Waals surface area contributed by atoms with Gasteiger partial charge in [-0.3, -0.25) is 4.79 Å². The Morgan fingerprint density at radius 2 is 1.92 bits per heavy atom. The molecule has 26 heavy (non-hydrogen) atoms. The summed E-state index contributed by atoms with van der Waals surface area (Å²) in [4.78, 5) is 14.3. The summed E-state index contributed by atoms with van der Waals surface area (Å²) in [7, 11) is -3.68. The molecular formula is C19H21ClN2O3S. The number of hydrogen-bond donors (Lipinski definition) is 1. The van der Waals surface area contributed by atoms with Crippen molar-refractivity contribution in [2.75, 3.05) is 13.1 Å². The van der Waals surface area contributed by atoms with Gasteiger partial charge in [-0.05, 0) is 42.2 Å². The summed E-state index contributed by atoms with van der Waals surface area (Å²) in [6, 6.07) is 12.7. The molecule has 0 radical (unpaired) electrons. The number of carbonyl (C=O) groups excluding carboxylic acids is 1. The molecule has 0 saturated carbocycles. The van der Waals surface area contributed by atoms with Crippen molar-refractivity contribution in [3.05, 3.63) is 64.2 Å². The number of nitrogens with zero attached hydrogens (tertiary/aromatic N) is 1. The fraction of sp³-hybridized carbons (Fsp3) is 0.316. The van der Waals surface area contributed by atoms with E-state index in [1.54, 1.807) is 11.0 Å². The van der Waals surface area contributed by atoms with Crippen LogP contribution in [0.15, 0.2) is 47.4 Å². The largest absolute Gasteiger partial charge is 0.338 e. The first-order valence-corrected chi connectivity index (χ1v) is 10.3. The minimum Gasteiger partial charge on any atom is -0.338 e. The third-order valence-electron chi connectivity index (χ3n) is 4.57. The monoisotopic (exact) mass is 392 g/mol. The molecule has 0 saturated heterocycles. The van der Waals surface area contributed by atoms with Gasteiger partial charge in [-0.2, -0.15) is 0 Å². The third kappa shape index (κ3) is 4.26. The first kappa shape index (κ1) is 18.9. The molecule has 0 unspecified atom stereocenters. The molecule has 0 fully saturated rings. The quantitative estimate of drug-likeness (QED) is 0.850. The number of sulfonamides is 1. The molecule has 0 aromatic heterocycles. The number of rotatable bonds is 5. The van der Waals surface area contributed by atoms with Gasteiger partial charge in [0, 0.05) is 31.1 Å². The standard InChI is InChI=1S/C19H21ClN2O3S/c1-14-6-7-17(12-18(14)20)26(24,25)21-10-8-19(23)22-11-9-15-4-2-3-5-16(15)13-22/h2-7,12,21H,8-11,13H2,1H3. The number of halogens is 1. The van der Waals surface area contributed by atoms with Gasteiger partial charge in [0.25, 0.3) is 0 Å². The zero-order valence-electron chi connectivity index (χ0n) is 14.5. The molecule has 7 heteroatoms. The Morgan fingerprint density at radius 3 is 2.65 bits per heavy atom. The van der Waals surface area contributed by atoms with Crippen LogP contribution in [0.4, 0.5) is 0 Å². The van der Waals surface area contributed by atoms with Crippen molar-refractivity contribution in [2.45, 2.75) is 31.2 Å². The number of amides is 1. The summed E-state index contributed by atoms with van der Waals surface area (Å²) in [5.41, 5.74) is 3.24. The lowest BCUT2D eigenvalue weighted by Crippen LogP contribution is -2.38. The molecule has 3 rings (SSSR count). The second-order valence-electron chi connectivity index (χ2n) is 6.39. The zero-order chi connectivity index (χ0) is 18.7. The van der Waals surface area contributed by atoms with Crippen LogP contribution in [0.25, 0.3) is 0 Å². The SMILES string of the molecule is Cc1ccc(S(=O)(=O)NCCC(=O)N2CCc3ccccc3C2)cc1Cl. The molecule has 0 spiro atoms. The van der Waals surface area contributed by atoms with Crippen LogP contribution in [-0.4, -0.2) is 32.3 Å². The van der Waals surface area contributed by atoms with Crippen LogP contribution in [0.1, 0.15) is 23.1 Å². The predicted molar refractivity (Wildman–Crippen MR) is 102 cm³/mol. The molecule has 2 aromatic rings. The molecule has 0 aliphatic carbocycles. The highest BCUT2D eigenvalue weighted by molar-refractivity contribution is 7.89. The number of aryl methyl sites for hydroxylation is 1. The van der Waals surface area contributed by atoms with E-state index in [4.69, 9.17) is 11.6 Å². The first-order valence-electron chi connectivity index (χ1n) is 8.47. The van der Waals surface area contributed by atoms with Gasteiger partial charge >= 0.3 is 0 Å². The Labute approximate surface area is 159 Å². The molecule has 2 aromatic carbocycles. The van der Waals surface area contributed by atoms with Gasteiger partial charge in [0.2, 0.25) is 15.9 Å². The molecular weight excluding hydrogens is 372 g/mol. The van der Waals surface area contributed by atoms with Crippen LogP contribution in [0, 0.1) is 6.92 Å². The van der Waals surface area contributed by atoms with E-state index in [0.29, 0.717) is 18.1 Å². The second-order valence-corrected chi connectivity index (χ2v) is 8.57. The summed E-state index contributed by atoms with van der Waals surface area (Å²) < 4.78 is 27.1. The minimum absolute atomic E-state index is 0.0517. The van der Waals surface area contributed by atoms with Crippen molar-refractivity contribution in [2.24, 2.45) is 0 Å². The van der Waals surface area contributed by atoms with Crippen LogP contribution in [0.5, 0.6) is 0 Å². The summed E-state index contributed by atoms with van der Waals surface area (Å²) >= 11 is 5.99. The van der Waals surface area contributed by atoms with Gasteiger partial charge in [0.15, 0.2) is 0 Å². The first-order chi connectivity index (χ1) is 12.4. The number of fused-ring (bicyclic) bond motifs is 1. The van der Waals surface area contributed by atoms with Gasteiger partial charge in [-0.25, -0.2) is 13.1 Å². The maximum atomic E-state index is 12.4. The molecule has 1 amide bonds. The van der Waals surface area contributed by atoms with Crippen molar-refractivity contribution in [3.8, 4) is 0 Å². The number of hydrogen-bond acceptors (Lipinski definition) is 3. The van der Waals surface area contributed by atoms with E-state index in [1.165, 1.54) is 17.7 Å². The van der Waals surface area contributed by atoms with E-state index < -0.39 is 10.0 Å². The topological polar surface area (TPSA) is 66.5 Å². The average molecular weight is 393 g/mol. The lowest BCUT2D eigenvalue weighted by atomic mass is 10.00. The fourth-order valence-corrected chi connectivity index (χ4v) is 4.29. The Morgan fingerprint density at radius 1 is 1.19 bits per heavy atom. The molecule has 1 aliphatic rings. The predicted octanol–water partition coefficient (Wildman–Crippen LogP) is 2.90. The Balaban J connectivity index is 1.56. The molecule has 1 N–H and O–H groups in total. The Bertz CT molecular complexity index is 928. The number of nitrogens with one attached hydrogen (secondary N) is 1. The molecule has 0 bridgehead atoms. The molecule has 5 nitrogen and oxygen atoms in total. The van der Waals surface area contributed by atoms with E-state index in [2.05, 4.69) is 10.8 Å². The molecule has 1 heterocycles. The van der Waals surface area contributed by atoms with E-state index in [-0.39, 0.29) is 23.8 Å². The average Bonchev–Trinajstić information content (AvgIpc) is 2.63. The zero-order valence-corrected chi connectivity index (χ0v) is 16.1. The second kappa shape index (κ2) is 7.78. The molecule has 0 atom stereocenters. The van der Waals surface area contributed by atoms with Crippen LogP contribution in [0.2, 0.25) is 5.02 Å². The lowest BCUT2D eigenvalue weighted by Gasteiger charge is -2.29. The normalized spacial score (nSPS) is 14.2. The molecule has 1 aliphatic heterocycles. The van der Waals surface area contributed by atoms with E-state index >= 15 is 0 Å². The van der Waals surface area contributed by atoms with Gasteiger partial charge in [-0.15, -0.1) is 0 Å². The van der Waals surface area contributed by atoms with Crippen molar-refractivity contribution in [3.63, 3.8) is 0 Å². The summed E-state index contributed by atoms with van der Waals surface area (Å²) in [5.74, 6) is -0.0517. The number of benzene rings is 2. The third-order valence-corrected chi connectivity index (χ3v) is 6.43. The molecule has 138 valence electrons. The maximum absolute atomic E-state index is 12.4. The number of carbonyl (C=O) groups is 1. The van der Waals surface area contributed by atoms with Crippen molar-refractivity contribution in [1.82, 2.24) is 9.62 Å². The van der Waals surface area contributed by atoms with Crippen LogP contribution in [0.3, 0.4) is 0 Å².